The number of nitrogens with zero attached hydrogens (tertiary/aromatic N) is 2. The summed E-state index contributed by atoms with van der Waals surface area (Å²) in [7, 11) is 1.81. The molecule has 0 fully saturated rings. The van der Waals surface area contributed by atoms with Gasteiger partial charge in [0, 0.05) is 4.47 Å². The molecule has 4 rings (SSSR count). The second-order valence-electron chi connectivity index (χ2n) is 7.15. The fraction of sp³-hybridized carbons (Fsp3) is 0.0714. The smallest absolute Gasteiger partial charge is 0.488 e. The highest BCUT2D eigenvalue weighted by molar-refractivity contribution is 9.10. The molecule has 4 aromatic rings. The van der Waals surface area contributed by atoms with Crippen molar-refractivity contribution >= 4 is 34.2 Å². The van der Waals surface area contributed by atoms with Crippen LogP contribution in [0.2, 0.25) is 0 Å². The van der Waals surface area contributed by atoms with Gasteiger partial charge in [-0.3, -0.25) is 0 Å². The number of nitriles is 1. The lowest BCUT2D eigenvalue weighted by atomic mass is 9.80. The predicted molar refractivity (Wildman–Crippen MR) is 146 cm³/mol. The van der Waals surface area contributed by atoms with Crippen molar-refractivity contribution in [1.82, 2.24) is 0 Å². The van der Waals surface area contributed by atoms with Crippen molar-refractivity contribution in [3.8, 4) is 28.7 Å². The van der Waals surface area contributed by atoms with Gasteiger partial charge in [-0.1, -0.05) is 76.6 Å². The lowest BCUT2D eigenvalue weighted by Crippen LogP contribution is -2.29. The third-order valence-electron chi connectivity index (χ3n) is 4.81. The van der Waals surface area contributed by atoms with Crippen LogP contribution in [0.15, 0.2) is 102 Å². The summed E-state index contributed by atoms with van der Waals surface area (Å²) in [6, 6.07) is 31.3. The summed E-state index contributed by atoms with van der Waals surface area (Å²) in [5.74, 6) is 1.55. The molecule has 0 saturated carbocycles. The Hall–Kier alpha value is -4.08. The molecule has 0 saturated heterocycles. The minimum atomic E-state index is -1.40. The third kappa shape index (κ3) is 9.29. The highest BCUT2D eigenvalue weighted by atomic mass is 79.9. The van der Waals surface area contributed by atoms with E-state index in [0.717, 1.165) is 21.3 Å². The van der Waals surface area contributed by atoms with E-state index in [1.54, 1.807) is 50.6 Å². The standard InChI is InChI=1S/C14H11NO.C7H9BO3.C7H4BrN/c1-16-14-8-6-13(7-9-14)12-4-2-11(10-15)3-5-12;1-11-7-4-2-6(3-5-7)8(9)10;1-9-7-4-2-6(8)3-5-7/h2-9H,1H3;2-5,9-10H,1H3;2-5H. The van der Waals surface area contributed by atoms with Crippen LogP contribution in [-0.4, -0.2) is 31.4 Å². The fourth-order valence-corrected chi connectivity index (χ4v) is 3.08. The molecule has 0 bridgehead atoms. The van der Waals surface area contributed by atoms with E-state index in [1.807, 2.05) is 60.7 Å². The Kier molecular flexibility index (Phi) is 11.8. The fourth-order valence-electron chi connectivity index (χ4n) is 2.81. The molecule has 4 aromatic carbocycles. The molecule has 36 heavy (non-hydrogen) atoms. The first-order valence-electron chi connectivity index (χ1n) is 10.7. The lowest BCUT2D eigenvalue weighted by Gasteiger charge is -2.03. The summed E-state index contributed by atoms with van der Waals surface area (Å²) in [5, 5.41) is 26.1. The zero-order valence-corrected chi connectivity index (χ0v) is 21.4. The van der Waals surface area contributed by atoms with Crippen LogP contribution in [0.5, 0.6) is 11.5 Å². The number of methoxy groups -OCH3 is 2. The van der Waals surface area contributed by atoms with Crippen LogP contribution in [0.25, 0.3) is 16.0 Å². The molecule has 0 spiro atoms. The van der Waals surface area contributed by atoms with Gasteiger partial charge >= 0.3 is 7.12 Å². The molecule has 0 unspecified atom stereocenters. The SMILES string of the molecule is COc1ccc(-c2ccc(C#N)cc2)cc1.COc1ccc(B(O)O)cc1.[C-]#[N+]c1ccc(Br)cc1. The van der Waals surface area contributed by atoms with E-state index in [1.165, 1.54) is 0 Å². The maximum absolute atomic E-state index is 8.70. The summed E-state index contributed by atoms with van der Waals surface area (Å²) in [4.78, 5) is 3.24. The van der Waals surface area contributed by atoms with Gasteiger partial charge in [0.25, 0.3) is 0 Å². The molecule has 180 valence electrons. The van der Waals surface area contributed by atoms with E-state index in [4.69, 9.17) is 31.4 Å². The summed E-state index contributed by atoms with van der Waals surface area (Å²) < 4.78 is 11.0. The number of rotatable bonds is 4. The molecule has 0 heterocycles. The van der Waals surface area contributed by atoms with Gasteiger partial charge in [-0.15, -0.1) is 0 Å². The van der Waals surface area contributed by atoms with Gasteiger partial charge in [-0.05, 0) is 53.0 Å². The van der Waals surface area contributed by atoms with Gasteiger partial charge in [0.2, 0.25) is 0 Å². The first-order valence-corrected chi connectivity index (χ1v) is 11.5. The summed E-state index contributed by atoms with van der Waals surface area (Å²) in [6.45, 7) is 6.62. The van der Waals surface area contributed by atoms with Gasteiger partial charge in [-0.25, -0.2) is 4.85 Å². The van der Waals surface area contributed by atoms with Gasteiger partial charge in [0.1, 0.15) is 11.5 Å². The first-order chi connectivity index (χ1) is 17.4. The Bertz CT molecular complexity index is 1280. The van der Waals surface area contributed by atoms with Crippen LogP contribution >= 0.6 is 15.9 Å². The van der Waals surface area contributed by atoms with Crippen LogP contribution in [0, 0.1) is 17.9 Å². The van der Waals surface area contributed by atoms with E-state index < -0.39 is 7.12 Å². The second kappa shape index (κ2) is 15.0. The molecular formula is C28H24BBrN2O4. The van der Waals surface area contributed by atoms with Crippen LogP contribution < -0.4 is 14.9 Å². The van der Waals surface area contributed by atoms with Crippen LogP contribution in [0.1, 0.15) is 5.56 Å². The number of benzene rings is 4. The van der Waals surface area contributed by atoms with Crippen molar-refractivity contribution in [3.63, 3.8) is 0 Å². The Morgan fingerprint density at radius 3 is 1.58 bits per heavy atom. The summed E-state index contributed by atoms with van der Waals surface area (Å²) in [6.07, 6.45) is 0. The second-order valence-corrected chi connectivity index (χ2v) is 8.07. The number of halogens is 1. The molecule has 0 radical (unpaired) electrons. The van der Waals surface area contributed by atoms with Crippen molar-refractivity contribution in [2.45, 2.75) is 0 Å². The number of hydrogen-bond donors (Lipinski definition) is 2. The topological polar surface area (TPSA) is 87.1 Å². The largest absolute Gasteiger partial charge is 0.497 e. The van der Waals surface area contributed by atoms with E-state index in [0.29, 0.717) is 22.5 Å². The number of ether oxygens (including phenoxy) is 2. The van der Waals surface area contributed by atoms with E-state index in [2.05, 4.69) is 26.8 Å². The first kappa shape index (κ1) is 28.2. The molecule has 0 aromatic heterocycles. The monoisotopic (exact) mass is 542 g/mol. The Morgan fingerprint density at radius 1 is 0.750 bits per heavy atom. The van der Waals surface area contributed by atoms with Crippen LogP contribution in [0.4, 0.5) is 5.69 Å². The van der Waals surface area contributed by atoms with E-state index in [9.17, 15) is 0 Å². The van der Waals surface area contributed by atoms with Crippen molar-refractivity contribution in [2.24, 2.45) is 0 Å². The molecule has 8 heteroatoms. The average Bonchev–Trinajstić information content (AvgIpc) is 2.94. The normalized spacial score (nSPS) is 9.19. The minimum Gasteiger partial charge on any atom is -0.497 e. The maximum atomic E-state index is 8.70. The molecule has 0 aliphatic heterocycles. The summed E-state index contributed by atoms with van der Waals surface area (Å²) in [5.41, 5.74) is 4.04. The zero-order valence-electron chi connectivity index (χ0n) is 19.8. The Balaban J connectivity index is 0.000000200. The zero-order chi connectivity index (χ0) is 26.3. The van der Waals surface area contributed by atoms with Gasteiger partial charge in [-0.2, -0.15) is 5.26 Å². The van der Waals surface area contributed by atoms with Crippen LogP contribution in [0.3, 0.4) is 0 Å². The van der Waals surface area contributed by atoms with Crippen molar-refractivity contribution in [3.05, 3.63) is 119 Å². The van der Waals surface area contributed by atoms with E-state index >= 15 is 0 Å². The minimum absolute atomic E-state index is 0.464. The number of hydrogen-bond acceptors (Lipinski definition) is 5. The molecule has 0 aliphatic rings. The maximum Gasteiger partial charge on any atom is 0.488 e. The van der Waals surface area contributed by atoms with Gasteiger partial charge in [0.15, 0.2) is 5.69 Å². The Labute approximate surface area is 220 Å². The van der Waals surface area contributed by atoms with Crippen molar-refractivity contribution < 1.29 is 19.5 Å². The quantitative estimate of drug-likeness (QED) is 0.258. The van der Waals surface area contributed by atoms with E-state index in [-0.39, 0.29) is 0 Å². The van der Waals surface area contributed by atoms with Crippen molar-refractivity contribution in [1.29, 1.82) is 5.26 Å². The van der Waals surface area contributed by atoms with Gasteiger partial charge < -0.3 is 19.5 Å². The molecule has 0 amide bonds. The van der Waals surface area contributed by atoms with Crippen LogP contribution in [-0.2, 0) is 0 Å². The lowest BCUT2D eigenvalue weighted by molar-refractivity contribution is 0.414. The van der Waals surface area contributed by atoms with Gasteiger partial charge in [0.05, 0.1) is 32.4 Å². The Morgan fingerprint density at radius 2 is 1.19 bits per heavy atom. The molecule has 0 aliphatic carbocycles. The third-order valence-corrected chi connectivity index (χ3v) is 5.34. The molecule has 0 atom stereocenters. The molecule has 6 nitrogen and oxygen atoms in total. The average molecular weight is 543 g/mol. The predicted octanol–water partition coefficient (Wildman–Crippen LogP) is 5.61. The summed E-state index contributed by atoms with van der Waals surface area (Å²) >= 11 is 3.27. The molecular weight excluding hydrogens is 519 g/mol. The highest BCUT2D eigenvalue weighted by Gasteiger charge is 2.09. The van der Waals surface area contributed by atoms with Crippen molar-refractivity contribution in [2.75, 3.05) is 14.2 Å². The highest BCUT2D eigenvalue weighted by Crippen LogP contribution is 2.22. The molecule has 2 N–H and O–H groups in total.